The minimum atomic E-state index is -1.81. The van der Waals surface area contributed by atoms with E-state index in [9.17, 15) is 9.18 Å². The molecule has 0 aliphatic carbocycles. The molecule has 0 spiro atoms. The number of carbonyl (C=O) groups is 1. The second-order valence-electron chi connectivity index (χ2n) is 2.37. The van der Waals surface area contributed by atoms with E-state index in [0.29, 0.717) is 6.41 Å². The molecule has 13 heavy (non-hydrogen) atoms. The van der Waals surface area contributed by atoms with Crippen LogP contribution in [0.15, 0.2) is 18.2 Å². The Balaban J connectivity index is 3.10. The van der Waals surface area contributed by atoms with Crippen molar-refractivity contribution in [2.75, 3.05) is 5.32 Å². The van der Waals surface area contributed by atoms with Gasteiger partial charge in [0.25, 0.3) is 0 Å². The first-order chi connectivity index (χ1) is 6.15. The van der Waals surface area contributed by atoms with Gasteiger partial charge in [-0.1, -0.05) is 0 Å². The van der Waals surface area contributed by atoms with Crippen molar-refractivity contribution in [1.82, 2.24) is 0 Å². The third-order valence-electron chi connectivity index (χ3n) is 1.51. The molecule has 1 aromatic carbocycles. The Morgan fingerprint density at radius 2 is 2.15 bits per heavy atom. The van der Waals surface area contributed by atoms with Gasteiger partial charge in [0.15, 0.2) is 0 Å². The molecule has 0 heterocycles. The van der Waals surface area contributed by atoms with Crippen molar-refractivity contribution in [3.8, 4) is 0 Å². The van der Waals surface area contributed by atoms with Crippen LogP contribution in [-0.4, -0.2) is 23.6 Å². The molecule has 0 aliphatic rings. The summed E-state index contributed by atoms with van der Waals surface area (Å²) in [6, 6.07) is 3.30. The number of halogens is 1. The van der Waals surface area contributed by atoms with Crippen LogP contribution in [0.5, 0.6) is 0 Å². The summed E-state index contributed by atoms with van der Waals surface area (Å²) < 4.78 is 12.6. The molecule has 0 fully saturated rings. The van der Waals surface area contributed by atoms with Gasteiger partial charge in [-0.05, 0) is 18.2 Å². The Kier molecular flexibility index (Phi) is 3.00. The van der Waals surface area contributed by atoms with Crippen LogP contribution in [-0.2, 0) is 4.79 Å². The van der Waals surface area contributed by atoms with Gasteiger partial charge in [-0.25, -0.2) is 4.39 Å². The molecule has 0 saturated heterocycles. The number of benzene rings is 1. The second kappa shape index (κ2) is 4.02. The molecule has 0 unspecified atom stereocenters. The summed E-state index contributed by atoms with van der Waals surface area (Å²) in [5, 5.41) is 19.8. The van der Waals surface area contributed by atoms with Gasteiger partial charge < -0.3 is 15.4 Å². The van der Waals surface area contributed by atoms with Crippen molar-refractivity contribution in [3.63, 3.8) is 0 Å². The zero-order chi connectivity index (χ0) is 9.84. The van der Waals surface area contributed by atoms with E-state index >= 15 is 0 Å². The van der Waals surface area contributed by atoms with E-state index in [1.54, 1.807) is 0 Å². The highest BCUT2D eigenvalue weighted by molar-refractivity contribution is 6.60. The highest BCUT2D eigenvalue weighted by Crippen LogP contribution is 2.05. The Hall–Kier alpha value is -1.40. The molecule has 0 aliphatic heterocycles. The molecular weight excluding hydrogens is 176 g/mol. The van der Waals surface area contributed by atoms with Crippen LogP contribution in [0, 0.1) is 5.82 Å². The summed E-state index contributed by atoms with van der Waals surface area (Å²) in [5.41, 5.74) is 0.0958. The molecular formula is C7H7BFNO3. The summed E-state index contributed by atoms with van der Waals surface area (Å²) in [5.74, 6) is -0.598. The molecule has 1 amide bonds. The van der Waals surface area contributed by atoms with Gasteiger partial charge in [-0.15, -0.1) is 0 Å². The molecule has 3 N–H and O–H groups in total. The van der Waals surface area contributed by atoms with Gasteiger partial charge in [0.2, 0.25) is 6.41 Å². The maximum Gasteiger partial charge on any atom is 0.490 e. The van der Waals surface area contributed by atoms with Crippen molar-refractivity contribution in [3.05, 3.63) is 24.0 Å². The number of rotatable bonds is 3. The van der Waals surface area contributed by atoms with Crippen LogP contribution in [0.1, 0.15) is 0 Å². The van der Waals surface area contributed by atoms with Crippen molar-refractivity contribution in [2.24, 2.45) is 0 Å². The van der Waals surface area contributed by atoms with Crippen LogP contribution in [0.4, 0.5) is 10.1 Å². The highest BCUT2D eigenvalue weighted by atomic mass is 19.1. The van der Waals surface area contributed by atoms with Crippen LogP contribution < -0.4 is 10.8 Å². The maximum atomic E-state index is 12.6. The monoisotopic (exact) mass is 183 g/mol. The molecule has 1 rings (SSSR count). The predicted molar refractivity (Wildman–Crippen MR) is 45.9 cm³/mol. The van der Waals surface area contributed by atoms with Crippen LogP contribution in [0.3, 0.4) is 0 Å². The van der Waals surface area contributed by atoms with Gasteiger partial charge in [0.1, 0.15) is 5.82 Å². The first-order valence-electron chi connectivity index (χ1n) is 3.51. The number of nitrogens with one attached hydrogen (secondary N) is 1. The molecule has 0 aromatic heterocycles. The van der Waals surface area contributed by atoms with Crippen molar-refractivity contribution < 1.29 is 19.2 Å². The van der Waals surface area contributed by atoms with Gasteiger partial charge in [0.05, 0.1) is 0 Å². The summed E-state index contributed by atoms with van der Waals surface area (Å²) in [6.45, 7) is 0. The normalized spacial score (nSPS) is 9.46. The number of carbonyl (C=O) groups excluding carboxylic acids is 1. The lowest BCUT2D eigenvalue weighted by atomic mass is 9.79. The quantitative estimate of drug-likeness (QED) is 0.419. The molecule has 68 valence electrons. The van der Waals surface area contributed by atoms with Gasteiger partial charge in [0, 0.05) is 11.2 Å². The van der Waals surface area contributed by atoms with Crippen LogP contribution >= 0.6 is 0 Å². The molecule has 1 aromatic rings. The van der Waals surface area contributed by atoms with Gasteiger partial charge in [-0.3, -0.25) is 4.79 Å². The average molecular weight is 183 g/mol. The number of amides is 1. The number of hydrogen-bond donors (Lipinski definition) is 3. The molecule has 0 saturated carbocycles. The fourth-order valence-electron chi connectivity index (χ4n) is 0.942. The Morgan fingerprint density at radius 3 is 2.69 bits per heavy atom. The second-order valence-corrected chi connectivity index (χ2v) is 2.37. The van der Waals surface area contributed by atoms with E-state index in [1.807, 2.05) is 0 Å². The fraction of sp³-hybridized carbons (Fsp3) is 0. The SMILES string of the molecule is O=CNc1ccc(F)cc1B(O)O. The molecule has 6 heteroatoms. The van der Waals surface area contributed by atoms with E-state index < -0.39 is 12.9 Å². The number of anilines is 1. The summed E-state index contributed by atoms with van der Waals surface area (Å²) in [7, 11) is -1.81. The third-order valence-corrected chi connectivity index (χ3v) is 1.51. The first-order valence-corrected chi connectivity index (χ1v) is 3.51. The number of hydrogen-bond acceptors (Lipinski definition) is 3. The zero-order valence-corrected chi connectivity index (χ0v) is 6.57. The minimum Gasteiger partial charge on any atom is -0.423 e. The molecule has 0 radical (unpaired) electrons. The highest BCUT2D eigenvalue weighted by Gasteiger charge is 2.16. The predicted octanol–water partition coefficient (Wildman–Crippen LogP) is -0.926. The Labute approximate surface area is 74.2 Å². The minimum absolute atomic E-state index is 0.0768. The summed E-state index contributed by atoms with van der Waals surface area (Å²) in [4.78, 5) is 10.1. The standard InChI is InChI=1S/C7H7BFNO3/c9-5-1-2-7(10-4-11)6(3-5)8(12)13/h1-4,12-13H,(H,10,11). The summed E-state index contributed by atoms with van der Waals surface area (Å²) in [6.07, 6.45) is 0.374. The average Bonchev–Trinajstić information content (AvgIpc) is 2.08. The first kappa shape index (κ1) is 9.69. The lowest BCUT2D eigenvalue weighted by Gasteiger charge is -2.06. The third kappa shape index (κ3) is 2.27. The largest absolute Gasteiger partial charge is 0.490 e. The Bertz CT molecular complexity index is 319. The molecule has 4 nitrogen and oxygen atoms in total. The van der Waals surface area contributed by atoms with E-state index in [-0.39, 0.29) is 11.2 Å². The summed E-state index contributed by atoms with van der Waals surface area (Å²) >= 11 is 0. The van der Waals surface area contributed by atoms with E-state index in [2.05, 4.69) is 5.32 Å². The van der Waals surface area contributed by atoms with E-state index in [0.717, 1.165) is 12.1 Å². The lowest BCUT2D eigenvalue weighted by molar-refractivity contribution is -0.105. The van der Waals surface area contributed by atoms with Gasteiger partial charge >= 0.3 is 7.12 Å². The van der Waals surface area contributed by atoms with Crippen LogP contribution in [0.25, 0.3) is 0 Å². The van der Waals surface area contributed by atoms with E-state index in [4.69, 9.17) is 10.0 Å². The van der Waals surface area contributed by atoms with Crippen molar-refractivity contribution >= 4 is 24.7 Å². The fourth-order valence-corrected chi connectivity index (χ4v) is 0.942. The van der Waals surface area contributed by atoms with Crippen LogP contribution in [0.2, 0.25) is 0 Å². The lowest BCUT2D eigenvalue weighted by Crippen LogP contribution is -2.32. The maximum absolute atomic E-state index is 12.6. The van der Waals surface area contributed by atoms with E-state index in [1.165, 1.54) is 6.07 Å². The topological polar surface area (TPSA) is 69.6 Å². The molecule has 0 bridgehead atoms. The van der Waals surface area contributed by atoms with Crippen molar-refractivity contribution in [1.29, 1.82) is 0 Å². The zero-order valence-electron chi connectivity index (χ0n) is 6.57. The molecule has 0 atom stereocenters. The smallest absolute Gasteiger partial charge is 0.423 e. The Morgan fingerprint density at radius 1 is 1.46 bits per heavy atom. The van der Waals surface area contributed by atoms with Crippen molar-refractivity contribution in [2.45, 2.75) is 0 Å². The van der Waals surface area contributed by atoms with Gasteiger partial charge in [-0.2, -0.15) is 0 Å².